The molecular formula is C14H19N3O2. The fraction of sp³-hybridized carbons (Fsp3) is 0.429. The zero-order valence-corrected chi connectivity index (χ0v) is 11.3. The number of nitrogens with zero attached hydrogens (tertiary/aromatic N) is 2. The molecule has 19 heavy (non-hydrogen) atoms. The number of esters is 1. The van der Waals surface area contributed by atoms with Crippen LogP contribution in [0, 0.1) is 0 Å². The highest BCUT2D eigenvalue weighted by molar-refractivity contribution is 5.79. The minimum atomic E-state index is -0.148. The van der Waals surface area contributed by atoms with Crippen LogP contribution in [0.2, 0.25) is 0 Å². The van der Waals surface area contributed by atoms with Crippen LogP contribution in [-0.2, 0) is 23.0 Å². The maximum atomic E-state index is 11.3. The molecule has 102 valence electrons. The van der Waals surface area contributed by atoms with Crippen LogP contribution in [0.4, 0.5) is 5.69 Å². The van der Waals surface area contributed by atoms with E-state index in [1.165, 1.54) is 0 Å². The molecule has 5 heteroatoms. The number of hydrogen-bond acceptors (Lipinski definition) is 4. The lowest BCUT2D eigenvalue weighted by Gasteiger charge is -2.03. The Morgan fingerprint density at radius 1 is 1.47 bits per heavy atom. The number of carbonyl (C=O) groups is 1. The van der Waals surface area contributed by atoms with Crippen molar-refractivity contribution < 1.29 is 9.53 Å². The molecule has 0 amide bonds. The molecule has 2 aromatic rings. The number of carbonyl (C=O) groups excluding carboxylic acids is 1. The number of imidazole rings is 1. The highest BCUT2D eigenvalue weighted by Gasteiger charge is 2.09. The summed E-state index contributed by atoms with van der Waals surface area (Å²) in [6, 6.07) is 5.68. The second-order valence-corrected chi connectivity index (χ2v) is 4.49. The minimum absolute atomic E-state index is 0.148. The van der Waals surface area contributed by atoms with Gasteiger partial charge in [0.25, 0.3) is 0 Å². The molecule has 0 unspecified atom stereocenters. The summed E-state index contributed by atoms with van der Waals surface area (Å²) >= 11 is 0. The topological polar surface area (TPSA) is 70.1 Å². The van der Waals surface area contributed by atoms with Gasteiger partial charge in [0.05, 0.1) is 17.6 Å². The molecular weight excluding hydrogens is 242 g/mol. The van der Waals surface area contributed by atoms with Crippen molar-refractivity contribution in [1.82, 2.24) is 9.55 Å². The Bertz CT molecular complexity index is 590. The molecule has 1 aromatic heterocycles. The fourth-order valence-corrected chi connectivity index (χ4v) is 2.10. The summed E-state index contributed by atoms with van der Waals surface area (Å²) in [6.07, 6.45) is 1.93. The van der Waals surface area contributed by atoms with Crippen LogP contribution in [0.5, 0.6) is 0 Å². The van der Waals surface area contributed by atoms with E-state index in [2.05, 4.69) is 4.98 Å². The quantitative estimate of drug-likeness (QED) is 0.660. The van der Waals surface area contributed by atoms with Gasteiger partial charge in [-0.2, -0.15) is 0 Å². The fourth-order valence-electron chi connectivity index (χ4n) is 2.10. The summed E-state index contributed by atoms with van der Waals surface area (Å²) in [4.78, 5) is 15.8. The van der Waals surface area contributed by atoms with E-state index in [1.807, 2.05) is 36.7 Å². The Labute approximate surface area is 112 Å². The van der Waals surface area contributed by atoms with Crippen LogP contribution < -0.4 is 5.73 Å². The number of benzene rings is 1. The van der Waals surface area contributed by atoms with Crippen molar-refractivity contribution >= 4 is 22.7 Å². The number of hydrogen-bond donors (Lipinski definition) is 1. The first-order chi connectivity index (χ1) is 9.11. The van der Waals surface area contributed by atoms with E-state index < -0.39 is 0 Å². The third-order valence-electron chi connectivity index (χ3n) is 3.08. The SMILES string of the molecule is CCOC(=O)CCCc1nc2ccc(N)cc2n1C. The van der Waals surface area contributed by atoms with Crippen molar-refractivity contribution in [3.8, 4) is 0 Å². The number of aromatic nitrogens is 2. The van der Waals surface area contributed by atoms with E-state index in [4.69, 9.17) is 10.5 Å². The summed E-state index contributed by atoms with van der Waals surface area (Å²) in [5.41, 5.74) is 8.46. The summed E-state index contributed by atoms with van der Waals surface area (Å²) < 4.78 is 6.93. The summed E-state index contributed by atoms with van der Waals surface area (Å²) in [6.45, 7) is 2.25. The number of aryl methyl sites for hydroxylation is 2. The number of fused-ring (bicyclic) bond motifs is 1. The van der Waals surface area contributed by atoms with Crippen LogP contribution in [0.15, 0.2) is 18.2 Å². The van der Waals surface area contributed by atoms with Gasteiger partial charge < -0.3 is 15.0 Å². The van der Waals surface area contributed by atoms with Crippen molar-refractivity contribution in [3.05, 3.63) is 24.0 Å². The van der Waals surface area contributed by atoms with Crippen LogP contribution in [0.1, 0.15) is 25.6 Å². The standard InChI is InChI=1S/C14H19N3O2/c1-3-19-14(18)6-4-5-13-16-11-8-7-10(15)9-12(11)17(13)2/h7-9H,3-6,15H2,1-2H3. The van der Waals surface area contributed by atoms with Crippen LogP contribution in [0.3, 0.4) is 0 Å². The normalized spacial score (nSPS) is 10.8. The van der Waals surface area contributed by atoms with Crippen molar-refractivity contribution in [1.29, 1.82) is 0 Å². The number of anilines is 1. The third-order valence-corrected chi connectivity index (χ3v) is 3.08. The largest absolute Gasteiger partial charge is 0.466 e. The maximum Gasteiger partial charge on any atom is 0.305 e. The highest BCUT2D eigenvalue weighted by Crippen LogP contribution is 2.19. The zero-order chi connectivity index (χ0) is 13.8. The van der Waals surface area contributed by atoms with Gasteiger partial charge in [0.2, 0.25) is 0 Å². The van der Waals surface area contributed by atoms with Gasteiger partial charge in [-0.3, -0.25) is 4.79 Å². The van der Waals surface area contributed by atoms with Gasteiger partial charge >= 0.3 is 5.97 Å². The summed E-state index contributed by atoms with van der Waals surface area (Å²) in [5.74, 6) is 0.815. The lowest BCUT2D eigenvalue weighted by molar-refractivity contribution is -0.143. The van der Waals surface area contributed by atoms with Crippen molar-refractivity contribution in [2.24, 2.45) is 7.05 Å². The van der Waals surface area contributed by atoms with Crippen LogP contribution in [-0.4, -0.2) is 22.1 Å². The molecule has 2 N–H and O–H groups in total. The lowest BCUT2D eigenvalue weighted by atomic mass is 10.2. The van der Waals surface area contributed by atoms with E-state index in [-0.39, 0.29) is 5.97 Å². The Hall–Kier alpha value is -2.04. The van der Waals surface area contributed by atoms with Gasteiger partial charge in [0.15, 0.2) is 0 Å². The Balaban J connectivity index is 2.05. The van der Waals surface area contributed by atoms with Gasteiger partial charge in [-0.1, -0.05) is 0 Å². The molecule has 0 spiro atoms. The lowest BCUT2D eigenvalue weighted by Crippen LogP contribution is -2.05. The molecule has 1 heterocycles. The van der Waals surface area contributed by atoms with Crippen molar-refractivity contribution in [2.45, 2.75) is 26.2 Å². The average molecular weight is 261 g/mol. The van der Waals surface area contributed by atoms with Crippen LogP contribution >= 0.6 is 0 Å². The van der Waals surface area contributed by atoms with Crippen LogP contribution in [0.25, 0.3) is 11.0 Å². The van der Waals surface area contributed by atoms with Gasteiger partial charge in [0, 0.05) is 25.6 Å². The van der Waals surface area contributed by atoms with Crippen molar-refractivity contribution in [3.63, 3.8) is 0 Å². The molecule has 0 atom stereocenters. The van der Waals surface area contributed by atoms with Crippen molar-refractivity contribution in [2.75, 3.05) is 12.3 Å². The molecule has 1 aromatic carbocycles. The monoisotopic (exact) mass is 261 g/mol. The van der Waals surface area contributed by atoms with Gasteiger partial charge in [-0.25, -0.2) is 4.98 Å². The molecule has 0 fully saturated rings. The van der Waals surface area contributed by atoms with E-state index in [0.717, 1.165) is 35.4 Å². The number of ether oxygens (including phenoxy) is 1. The predicted octanol–water partition coefficient (Wildman–Crippen LogP) is 2.04. The molecule has 0 aliphatic rings. The molecule has 0 aliphatic carbocycles. The third kappa shape index (κ3) is 3.05. The van der Waals surface area contributed by atoms with Gasteiger partial charge in [0.1, 0.15) is 5.82 Å². The van der Waals surface area contributed by atoms with E-state index >= 15 is 0 Å². The number of nitrogens with two attached hydrogens (primary N) is 1. The predicted molar refractivity (Wildman–Crippen MR) is 74.7 cm³/mol. The molecule has 0 bridgehead atoms. The number of rotatable bonds is 5. The summed E-state index contributed by atoms with van der Waals surface area (Å²) in [5, 5.41) is 0. The van der Waals surface area contributed by atoms with E-state index in [9.17, 15) is 4.79 Å². The van der Waals surface area contributed by atoms with E-state index in [1.54, 1.807) is 0 Å². The van der Waals surface area contributed by atoms with Gasteiger partial charge in [-0.15, -0.1) is 0 Å². The second kappa shape index (κ2) is 5.73. The average Bonchev–Trinajstić information content (AvgIpc) is 2.67. The zero-order valence-electron chi connectivity index (χ0n) is 11.3. The molecule has 2 rings (SSSR count). The Kier molecular flexibility index (Phi) is 4.04. The molecule has 0 aliphatic heterocycles. The van der Waals surface area contributed by atoms with E-state index in [0.29, 0.717) is 13.0 Å². The second-order valence-electron chi connectivity index (χ2n) is 4.49. The summed E-state index contributed by atoms with van der Waals surface area (Å²) in [7, 11) is 1.97. The first-order valence-electron chi connectivity index (χ1n) is 6.48. The highest BCUT2D eigenvalue weighted by atomic mass is 16.5. The Morgan fingerprint density at radius 3 is 3.00 bits per heavy atom. The molecule has 0 radical (unpaired) electrons. The Morgan fingerprint density at radius 2 is 2.26 bits per heavy atom. The number of nitrogen functional groups attached to an aromatic ring is 1. The molecule has 0 saturated heterocycles. The first-order valence-corrected chi connectivity index (χ1v) is 6.48. The molecule has 0 saturated carbocycles. The smallest absolute Gasteiger partial charge is 0.305 e. The first kappa shape index (κ1) is 13.4. The minimum Gasteiger partial charge on any atom is -0.466 e. The molecule has 5 nitrogen and oxygen atoms in total. The van der Waals surface area contributed by atoms with Gasteiger partial charge in [-0.05, 0) is 31.5 Å². The maximum absolute atomic E-state index is 11.3.